The van der Waals surface area contributed by atoms with Crippen molar-refractivity contribution in [2.24, 2.45) is 17.4 Å². The van der Waals surface area contributed by atoms with Crippen LogP contribution in [-0.2, 0) is 84.8 Å². The van der Waals surface area contributed by atoms with E-state index in [0.717, 1.165) is 15.7 Å². The van der Waals surface area contributed by atoms with Crippen LogP contribution in [0.1, 0.15) is 149 Å². The van der Waals surface area contributed by atoms with Crippen molar-refractivity contribution < 1.29 is 57.8 Å². The summed E-state index contributed by atoms with van der Waals surface area (Å²) in [5.74, 6) is -6.90. The fraction of sp³-hybridized carbons (Fsp3) is 0.462. The summed E-state index contributed by atoms with van der Waals surface area (Å²) in [5.41, 5.74) is 15.3. The third-order valence-corrected chi connectivity index (χ3v) is 21.9. The molecule has 0 radical (unpaired) electrons. The summed E-state index contributed by atoms with van der Waals surface area (Å²) < 4.78 is 0. The molecule has 0 saturated carbocycles. The SMILES string of the molecule is CCNc1nc(NC(C)C)nc(-c2ccc(C[C@H](NC(=O)[C@H](Cc3ccc(-c4nc(NCC)nc(NC(C)C)n4)cc3)N(C)C(=O)[C@H](CO)NC(=O)[C@H](Cc3cccnc3)NC(=O)[C@H](Cc3ccc(Cl)cc3)NC(=O)[C@H](Cc3ccc4ccccc4c3)NC(C)=O)C(=O)N[C@@H](CC(C)C)C(=O)N(C(C)C)[C@@H](CCCCN)C(=O)N3CCC[C@H]3C(=O)N[C@@H](C)C(N)=O)cc2)n1. The first-order valence-corrected chi connectivity index (χ1v) is 44.4. The lowest BCUT2D eigenvalue weighted by Crippen LogP contribution is -2.62. The number of aliphatic hydroxyl groups excluding tert-OH is 1. The van der Waals surface area contributed by atoms with Gasteiger partial charge in [-0.1, -0.05) is 135 Å². The molecule has 1 aliphatic rings. The molecule has 129 heavy (non-hydrogen) atoms. The first-order chi connectivity index (χ1) is 61.6. The summed E-state index contributed by atoms with van der Waals surface area (Å²) in [4.78, 5) is 199. The Bertz CT molecular complexity index is 5150. The number of primary amides is 1. The number of likely N-dealkylation sites (N-methyl/N-ethyl adjacent to an activating group) is 1. The molecule has 0 bridgehead atoms. The quantitative estimate of drug-likeness (QED) is 0.0191. The highest BCUT2D eigenvalue weighted by Crippen LogP contribution is 2.29. The summed E-state index contributed by atoms with van der Waals surface area (Å²) in [6.45, 7) is 21.8. The second-order valence-electron chi connectivity index (χ2n) is 33.7. The van der Waals surface area contributed by atoms with Gasteiger partial charge in [-0.25, -0.2) is 0 Å². The van der Waals surface area contributed by atoms with Crippen molar-refractivity contribution in [1.29, 1.82) is 0 Å². The molecule has 9 rings (SSSR count). The molecule has 10 atom stereocenters. The van der Waals surface area contributed by atoms with Crippen LogP contribution in [0.4, 0.5) is 23.8 Å². The number of aliphatic hydroxyl groups is 1. The van der Waals surface area contributed by atoms with E-state index in [2.05, 4.69) is 83.4 Å². The number of benzene rings is 5. The molecule has 5 aromatic carbocycles. The summed E-state index contributed by atoms with van der Waals surface area (Å²) >= 11 is 6.34. The van der Waals surface area contributed by atoms with E-state index in [1.807, 2.05) is 97.9 Å². The molecule has 690 valence electrons. The monoisotopic (exact) mass is 1790 g/mol. The van der Waals surface area contributed by atoms with Crippen LogP contribution in [0.5, 0.6) is 0 Å². The number of hydrogen-bond acceptors (Lipinski definition) is 24. The van der Waals surface area contributed by atoms with Crippen LogP contribution in [0.2, 0.25) is 5.02 Å². The summed E-state index contributed by atoms with van der Waals surface area (Å²) in [5, 5.41) is 46.2. The Kier molecular flexibility index (Phi) is 37.4. The number of aromatic nitrogens is 7. The Labute approximate surface area is 758 Å². The van der Waals surface area contributed by atoms with Crippen molar-refractivity contribution >= 4 is 111 Å². The molecule has 36 heteroatoms. The largest absolute Gasteiger partial charge is 0.394 e. The molecule has 35 nitrogen and oxygen atoms in total. The highest BCUT2D eigenvalue weighted by Gasteiger charge is 2.45. The molecule has 0 unspecified atom stereocenters. The minimum Gasteiger partial charge on any atom is -0.394 e. The molecule has 1 saturated heterocycles. The fourth-order valence-electron chi connectivity index (χ4n) is 15.2. The number of anilines is 4. The van der Waals surface area contributed by atoms with E-state index < -0.39 is 138 Å². The van der Waals surface area contributed by atoms with Gasteiger partial charge in [0.1, 0.15) is 60.4 Å². The van der Waals surface area contributed by atoms with Gasteiger partial charge in [-0.2, -0.15) is 29.9 Å². The third kappa shape index (κ3) is 29.3. The molecule has 3 aromatic heterocycles. The minimum absolute atomic E-state index is 0.0166. The predicted molar refractivity (Wildman–Crippen MR) is 495 cm³/mol. The lowest BCUT2D eigenvalue weighted by molar-refractivity contribution is -0.152. The van der Waals surface area contributed by atoms with Crippen molar-refractivity contribution in [2.45, 2.75) is 232 Å². The van der Waals surface area contributed by atoms with E-state index in [9.17, 15) is 24.3 Å². The zero-order valence-electron chi connectivity index (χ0n) is 75.6. The van der Waals surface area contributed by atoms with Gasteiger partial charge in [-0.05, 0) is 170 Å². The Morgan fingerprint density at radius 1 is 0.519 bits per heavy atom. The number of nitrogens with one attached hydrogen (secondary N) is 11. The van der Waals surface area contributed by atoms with Gasteiger partial charge < -0.3 is 89.8 Å². The van der Waals surface area contributed by atoms with Crippen molar-refractivity contribution in [2.75, 3.05) is 61.1 Å². The summed E-state index contributed by atoms with van der Waals surface area (Å²) in [6.07, 6.45) is 3.73. The second kappa shape index (κ2) is 48.3. The Morgan fingerprint density at radius 3 is 1.49 bits per heavy atom. The van der Waals surface area contributed by atoms with Crippen molar-refractivity contribution in [3.63, 3.8) is 0 Å². The number of likely N-dealkylation sites (tertiary alicyclic amines) is 1. The number of halogens is 1. The van der Waals surface area contributed by atoms with E-state index in [0.29, 0.717) is 112 Å². The number of pyridine rings is 1. The molecular weight excluding hydrogens is 1670 g/mol. The van der Waals surface area contributed by atoms with E-state index in [-0.39, 0.29) is 82.5 Å². The van der Waals surface area contributed by atoms with Crippen LogP contribution in [-0.4, -0.2) is 238 Å². The van der Waals surface area contributed by atoms with E-state index in [1.54, 1.807) is 98.8 Å². The number of carbonyl (C=O) groups excluding carboxylic acids is 11. The average Bonchev–Trinajstić information content (AvgIpc) is 1.78. The van der Waals surface area contributed by atoms with Gasteiger partial charge in [0.15, 0.2) is 11.6 Å². The average molecular weight is 1790 g/mol. The number of rotatable bonds is 47. The normalized spacial score (nSPS) is 14.6. The maximum absolute atomic E-state index is 16.2. The maximum atomic E-state index is 16.2. The first kappa shape index (κ1) is 99.9. The van der Waals surface area contributed by atoms with Crippen LogP contribution in [0.25, 0.3) is 33.5 Å². The zero-order chi connectivity index (χ0) is 93.7. The third-order valence-electron chi connectivity index (χ3n) is 21.7. The predicted octanol–water partition coefficient (Wildman–Crippen LogP) is 6.12. The number of hydrogen-bond donors (Lipinski definition) is 14. The van der Waals surface area contributed by atoms with Crippen molar-refractivity contribution in [3.8, 4) is 22.8 Å². The fourth-order valence-corrected chi connectivity index (χ4v) is 15.3. The lowest BCUT2D eigenvalue weighted by Gasteiger charge is -2.40. The van der Waals surface area contributed by atoms with Crippen LogP contribution >= 0.6 is 11.6 Å². The number of amides is 11. The topological polar surface area (TPSA) is 492 Å². The van der Waals surface area contributed by atoms with Crippen LogP contribution in [0, 0.1) is 5.92 Å². The Balaban J connectivity index is 1.10. The van der Waals surface area contributed by atoms with Crippen LogP contribution in [0.3, 0.4) is 0 Å². The lowest BCUT2D eigenvalue weighted by atomic mass is 9.97. The summed E-state index contributed by atoms with van der Waals surface area (Å²) in [7, 11) is 1.29. The highest BCUT2D eigenvalue weighted by molar-refractivity contribution is 6.30. The second-order valence-corrected chi connectivity index (χ2v) is 34.1. The number of unbranched alkanes of at least 4 members (excludes halogenated alkanes) is 1. The van der Waals surface area contributed by atoms with Gasteiger partial charge in [-0.15, -0.1) is 0 Å². The molecular formula is C93H124ClN23O12. The van der Waals surface area contributed by atoms with E-state index in [1.165, 1.54) is 43.1 Å². The Morgan fingerprint density at radius 2 is 1.00 bits per heavy atom. The number of carbonyl (C=O) groups is 11. The number of nitrogens with zero attached hydrogens (tertiary/aromatic N) is 10. The molecule has 11 amide bonds. The molecule has 0 aliphatic carbocycles. The van der Waals surface area contributed by atoms with Gasteiger partial charge in [0.05, 0.1) is 6.61 Å². The van der Waals surface area contributed by atoms with Gasteiger partial charge in [0, 0.05) is 112 Å². The first-order valence-electron chi connectivity index (χ1n) is 44.0. The molecule has 4 heterocycles. The van der Waals surface area contributed by atoms with Crippen molar-refractivity contribution in [1.82, 2.24) is 86.8 Å². The number of nitrogens with two attached hydrogens (primary N) is 2. The van der Waals surface area contributed by atoms with Gasteiger partial charge in [-0.3, -0.25) is 57.7 Å². The Hall–Kier alpha value is -12.9. The highest BCUT2D eigenvalue weighted by atomic mass is 35.5. The maximum Gasteiger partial charge on any atom is 0.247 e. The molecule has 8 aromatic rings. The molecule has 0 spiro atoms. The zero-order valence-corrected chi connectivity index (χ0v) is 76.4. The van der Waals surface area contributed by atoms with Gasteiger partial charge >= 0.3 is 0 Å². The molecule has 16 N–H and O–H groups in total. The van der Waals surface area contributed by atoms with Gasteiger partial charge in [0.25, 0.3) is 0 Å². The number of fused-ring (bicyclic) bond motifs is 1. The standard InChI is InChI=1S/C93H124ClN23O12/c1-14-98-90-109-79(111-92(113-90)100-54(5)6)65-35-27-59(28-36-65)46-71(83(123)107-73(44-53(3)4)88(128)117(56(9)10)76(25-18-19-41-95)89(129)116-43-21-26-75(116)85(125)102-57(11)78(96)120)106-86(126)77(50-61-29-37-66(38-30-61)80-110-91(99-15-2)114-93(112-80)101-55(7)8)115(13)87(127)74(52-118)108-84(124)72(49-63-22-20-42-97-51-63)105-82(122)70(47-60-32-39-68(94)40-33-60)104-81(121)69(103-58(12)119)48-62-31-34-64-23-16-17-24-67(64)45-62/h16-17,20,22-24,27-40,42,45,51,53-57,69-77,118H,14-15,18-19,21,25-26,41,43-44,46-50,52,95H2,1-13H3,(H2,96,120)(H,102,125)(H,103,119)(H,104,121)(H,105,122)(H,106,126)(H,107,123)(H,108,124)(H2,98,100,109,111,113)(H2,99,101,110,112,114)/t57-,69-,70-,71-,72-,73-,74-,75-,76-,77-/m0/s1. The molecule has 1 fully saturated rings. The summed E-state index contributed by atoms with van der Waals surface area (Å²) in [6, 6.07) is 22.2. The van der Waals surface area contributed by atoms with Crippen molar-refractivity contribution in [3.05, 3.63) is 173 Å². The molecule has 1 aliphatic heterocycles. The van der Waals surface area contributed by atoms with E-state index in [4.69, 9.17) is 33.0 Å². The van der Waals surface area contributed by atoms with Gasteiger partial charge in [0.2, 0.25) is 88.8 Å². The van der Waals surface area contributed by atoms with Crippen LogP contribution < -0.4 is 70.0 Å². The smallest absolute Gasteiger partial charge is 0.247 e. The van der Waals surface area contributed by atoms with Crippen LogP contribution in [0.15, 0.2) is 140 Å². The van der Waals surface area contributed by atoms with E-state index >= 15 is 33.6 Å². The minimum atomic E-state index is -1.86.